The molecule has 1 saturated heterocycles. The second-order valence-electron chi connectivity index (χ2n) is 14.5. The summed E-state index contributed by atoms with van der Waals surface area (Å²) in [5, 5.41) is 8.00. The van der Waals surface area contributed by atoms with E-state index in [4.69, 9.17) is 9.47 Å². The summed E-state index contributed by atoms with van der Waals surface area (Å²) in [4.78, 5) is 80.0. The monoisotopic (exact) mass is 632 g/mol. The number of esters is 1. The molecule has 1 aliphatic heterocycles. The minimum atomic E-state index is -1.14. The number of carbonyl (C=O) groups is 6. The number of alkyl carbamates (subject to hydrolysis) is 1. The third-order valence-electron chi connectivity index (χ3n) is 8.31. The van der Waals surface area contributed by atoms with Crippen LogP contribution in [-0.4, -0.2) is 82.9 Å². The van der Waals surface area contributed by atoms with Crippen LogP contribution >= 0.6 is 0 Å². The van der Waals surface area contributed by atoms with Crippen LogP contribution in [-0.2, 0) is 33.4 Å². The fourth-order valence-corrected chi connectivity index (χ4v) is 6.22. The quantitative estimate of drug-likeness (QED) is 0.159. The molecule has 12 heteroatoms. The van der Waals surface area contributed by atoms with Gasteiger partial charge in [0.2, 0.25) is 17.6 Å². The van der Waals surface area contributed by atoms with Crippen LogP contribution in [0.2, 0.25) is 0 Å². The minimum Gasteiger partial charge on any atom is -0.460 e. The molecule has 0 aromatic rings. The van der Waals surface area contributed by atoms with Crippen molar-refractivity contribution >= 4 is 35.6 Å². The maximum Gasteiger partial charge on any atom is 0.408 e. The molecular formula is C33H52N4O8. The van der Waals surface area contributed by atoms with Gasteiger partial charge >= 0.3 is 12.1 Å². The standard InChI is InChI=1S/C33H52N4O8/c1-8-9-15-23(27(39)29(41)34-17-16-24(38)44-32(2,3)4)35-28(40)26-22-18-21(22)19-37(26)30(42)25(20-13-11-10-12-14-20)36-31(43)45-33(5,6)7/h8,20-23,25-26H,1,9-19H2,2-7H3,(H,34,41)(H,35,40)(H,36,43)/t21-,22-,23-,25-,26-/m0/s1. The fourth-order valence-electron chi connectivity index (χ4n) is 6.22. The number of nitrogens with one attached hydrogen (secondary N) is 3. The zero-order valence-electron chi connectivity index (χ0n) is 27.7. The number of nitrogens with zero attached hydrogens (tertiary/aromatic N) is 1. The Kier molecular flexibility index (Phi) is 12.2. The van der Waals surface area contributed by atoms with Gasteiger partial charge in [-0.3, -0.25) is 24.0 Å². The molecule has 4 amide bonds. The van der Waals surface area contributed by atoms with Crippen LogP contribution in [0.25, 0.3) is 0 Å². The summed E-state index contributed by atoms with van der Waals surface area (Å²) in [5.41, 5.74) is -1.41. The zero-order chi connectivity index (χ0) is 33.5. The first-order chi connectivity index (χ1) is 21.0. The molecule has 1 heterocycles. The van der Waals surface area contributed by atoms with E-state index in [1.807, 2.05) is 0 Å². The molecule has 0 aromatic carbocycles. The number of rotatable bonds is 13. The van der Waals surface area contributed by atoms with Gasteiger partial charge in [-0.05, 0) is 91.4 Å². The maximum absolute atomic E-state index is 14.1. The molecule has 2 aliphatic carbocycles. The van der Waals surface area contributed by atoms with Crippen LogP contribution < -0.4 is 16.0 Å². The van der Waals surface area contributed by atoms with Crippen LogP contribution in [0, 0.1) is 17.8 Å². The average molecular weight is 633 g/mol. The van der Waals surface area contributed by atoms with Crippen molar-refractivity contribution in [1.29, 1.82) is 0 Å². The number of likely N-dealkylation sites (tertiary alicyclic amines) is 1. The molecule has 3 N–H and O–H groups in total. The van der Waals surface area contributed by atoms with Crippen molar-refractivity contribution in [3.63, 3.8) is 0 Å². The van der Waals surface area contributed by atoms with Gasteiger partial charge in [0, 0.05) is 13.1 Å². The van der Waals surface area contributed by atoms with E-state index in [0.717, 1.165) is 38.5 Å². The van der Waals surface area contributed by atoms with E-state index >= 15 is 0 Å². The molecule has 2 saturated carbocycles. The lowest BCUT2D eigenvalue weighted by atomic mass is 9.83. The van der Waals surface area contributed by atoms with E-state index in [1.165, 1.54) is 0 Å². The highest BCUT2D eigenvalue weighted by Crippen LogP contribution is 2.50. The molecule has 0 spiro atoms. The normalized spacial score (nSPS) is 22.7. The molecule has 12 nitrogen and oxygen atoms in total. The van der Waals surface area contributed by atoms with Gasteiger partial charge in [-0.2, -0.15) is 0 Å². The van der Waals surface area contributed by atoms with Gasteiger partial charge in [0.25, 0.3) is 5.91 Å². The highest BCUT2D eigenvalue weighted by atomic mass is 16.6. The third-order valence-corrected chi connectivity index (χ3v) is 8.31. The molecule has 0 unspecified atom stereocenters. The summed E-state index contributed by atoms with van der Waals surface area (Å²) in [6, 6.07) is -2.79. The van der Waals surface area contributed by atoms with Gasteiger partial charge in [0.05, 0.1) is 12.5 Å². The van der Waals surface area contributed by atoms with Gasteiger partial charge in [-0.1, -0.05) is 25.3 Å². The number of fused-ring (bicyclic) bond motifs is 1. The summed E-state index contributed by atoms with van der Waals surface area (Å²) >= 11 is 0. The number of allylic oxidation sites excluding steroid dienone is 1. The first-order valence-electron chi connectivity index (χ1n) is 16.3. The molecule has 0 radical (unpaired) electrons. The van der Waals surface area contributed by atoms with Gasteiger partial charge < -0.3 is 30.3 Å². The SMILES string of the molecule is C=CCC[C@H](NC(=O)[C@@H]1[C@H]2C[C@H]2CN1C(=O)[C@@H](NC(=O)OC(C)(C)C)C1CCCCC1)C(=O)C(=O)NCCC(=O)OC(C)(C)C. The van der Waals surface area contributed by atoms with Gasteiger partial charge in [-0.25, -0.2) is 4.79 Å². The molecule has 3 aliphatic rings. The summed E-state index contributed by atoms with van der Waals surface area (Å²) in [5.74, 6) is -3.07. The second kappa shape index (κ2) is 15.2. The van der Waals surface area contributed by atoms with Crippen molar-refractivity contribution in [2.45, 2.75) is 129 Å². The van der Waals surface area contributed by atoms with Gasteiger partial charge in [0.1, 0.15) is 23.3 Å². The maximum atomic E-state index is 14.1. The molecule has 0 aromatic heterocycles. The zero-order valence-corrected chi connectivity index (χ0v) is 27.7. The van der Waals surface area contributed by atoms with Crippen molar-refractivity contribution in [1.82, 2.24) is 20.9 Å². The molecule has 252 valence electrons. The van der Waals surface area contributed by atoms with Crippen LogP contribution in [0.4, 0.5) is 4.79 Å². The molecule has 5 atom stereocenters. The predicted octanol–water partition coefficient (Wildman–Crippen LogP) is 3.18. The van der Waals surface area contributed by atoms with E-state index in [0.29, 0.717) is 13.0 Å². The van der Waals surface area contributed by atoms with Crippen molar-refractivity contribution < 1.29 is 38.2 Å². The molecule has 0 bridgehead atoms. The molecule has 3 rings (SSSR count). The average Bonchev–Trinajstić information content (AvgIpc) is 3.60. The Morgan fingerprint density at radius 1 is 0.933 bits per heavy atom. The summed E-state index contributed by atoms with van der Waals surface area (Å²) in [6.45, 7) is 14.4. The number of hydrogen-bond acceptors (Lipinski definition) is 8. The van der Waals surface area contributed by atoms with E-state index in [2.05, 4.69) is 22.5 Å². The third kappa shape index (κ3) is 10.8. The van der Waals surface area contributed by atoms with Gasteiger partial charge in [-0.15, -0.1) is 6.58 Å². The highest BCUT2D eigenvalue weighted by Gasteiger charge is 2.58. The number of amides is 4. The van der Waals surface area contributed by atoms with Crippen LogP contribution in [0.5, 0.6) is 0 Å². The van der Waals surface area contributed by atoms with E-state index in [-0.39, 0.29) is 43.0 Å². The number of ether oxygens (including phenoxy) is 2. The number of piperidine rings is 1. The molecule has 3 fully saturated rings. The van der Waals surface area contributed by atoms with E-state index < -0.39 is 59.0 Å². The van der Waals surface area contributed by atoms with Crippen molar-refractivity contribution in [3.8, 4) is 0 Å². The minimum absolute atomic E-state index is 0.0553. The first kappa shape index (κ1) is 36.0. The Balaban J connectivity index is 1.70. The lowest BCUT2D eigenvalue weighted by molar-refractivity contribution is -0.154. The summed E-state index contributed by atoms with van der Waals surface area (Å²) < 4.78 is 10.7. The Hall–Kier alpha value is -3.44. The molecule has 45 heavy (non-hydrogen) atoms. The largest absolute Gasteiger partial charge is 0.460 e. The number of ketones is 1. The second-order valence-corrected chi connectivity index (χ2v) is 14.5. The van der Waals surface area contributed by atoms with Crippen molar-refractivity contribution in [3.05, 3.63) is 12.7 Å². The first-order valence-corrected chi connectivity index (χ1v) is 16.3. The summed E-state index contributed by atoms with van der Waals surface area (Å²) in [7, 11) is 0. The Bertz CT molecular complexity index is 1130. The van der Waals surface area contributed by atoms with Gasteiger partial charge in [0.15, 0.2) is 0 Å². The Morgan fingerprint density at radius 3 is 2.18 bits per heavy atom. The number of Topliss-reactive ketones (excluding diaryl/α,β-unsaturated/α-hetero) is 1. The fraction of sp³-hybridized carbons (Fsp3) is 0.758. The van der Waals surface area contributed by atoms with Crippen molar-refractivity contribution in [2.75, 3.05) is 13.1 Å². The topological polar surface area (TPSA) is 160 Å². The van der Waals surface area contributed by atoms with Crippen LogP contribution in [0.3, 0.4) is 0 Å². The van der Waals surface area contributed by atoms with Crippen molar-refractivity contribution in [2.24, 2.45) is 17.8 Å². The number of carbonyl (C=O) groups excluding carboxylic acids is 6. The Morgan fingerprint density at radius 2 is 1.58 bits per heavy atom. The smallest absolute Gasteiger partial charge is 0.408 e. The molecular weight excluding hydrogens is 580 g/mol. The predicted molar refractivity (Wildman–Crippen MR) is 167 cm³/mol. The van der Waals surface area contributed by atoms with Crippen LogP contribution in [0.1, 0.15) is 99.3 Å². The lowest BCUT2D eigenvalue weighted by Gasteiger charge is -2.36. The highest BCUT2D eigenvalue weighted by molar-refractivity contribution is 6.38. The van der Waals surface area contributed by atoms with Crippen LogP contribution in [0.15, 0.2) is 12.7 Å². The van der Waals surface area contributed by atoms with E-state index in [9.17, 15) is 28.8 Å². The lowest BCUT2D eigenvalue weighted by Crippen LogP contribution is -2.59. The Labute approximate surface area is 266 Å². The number of hydrogen-bond donors (Lipinski definition) is 3. The van der Waals surface area contributed by atoms with E-state index in [1.54, 1.807) is 52.5 Å². The summed E-state index contributed by atoms with van der Waals surface area (Å²) in [6.07, 6.45) is 6.63.